The molecule has 1 atom stereocenters. The monoisotopic (exact) mass is 248 g/mol. The van der Waals surface area contributed by atoms with Gasteiger partial charge in [-0.05, 0) is 31.1 Å². The van der Waals surface area contributed by atoms with Crippen molar-refractivity contribution in [3.63, 3.8) is 0 Å². The molecule has 0 saturated heterocycles. The smallest absolute Gasteiger partial charge is 0.0322 e. The van der Waals surface area contributed by atoms with E-state index in [0.29, 0.717) is 0 Å². The molecule has 1 unspecified atom stereocenters. The second-order valence-corrected chi connectivity index (χ2v) is 6.65. The molecule has 0 aromatic carbocycles. The molecule has 0 heteroatoms. The molecule has 1 saturated carbocycles. The molecule has 0 heterocycles. The molecule has 0 aromatic heterocycles. The summed E-state index contributed by atoms with van der Waals surface area (Å²) in [7, 11) is 0. The van der Waals surface area contributed by atoms with Gasteiger partial charge in [-0.2, -0.15) is 0 Å². The van der Waals surface area contributed by atoms with Crippen LogP contribution < -0.4 is 0 Å². The Hall–Kier alpha value is -0.260. The van der Waals surface area contributed by atoms with E-state index in [1.54, 1.807) is 0 Å². The lowest BCUT2D eigenvalue weighted by Crippen LogP contribution is -2.05. The molecule has 0 nitrogen and oxygen atoms in total. The number of rotatable bonds is 7. The molecular formula is C18H32. The Morgan fingerprint density at radius 3 is 2.06 bits per heavy atom. The van der Waals surface area contributed by atoms with Crippen LogP contribution in [0.3, 0.4) is 0 Å². The Balaban J connectivity index is 1.40. The molecule has 0 bridgehead atoms. The maximum atomic E-state index is 2.40. The third kappa shape index (κ3) is 5.59. The van der Waals surface area contributed by atoms with Gasteiger partial charge in [0, 0.05) is 0 Å². The van der Waals surface area contributed by atoms with Crippen molar-refractivity contribution in [3.05, 3.63) is 12.2 Å². The summed E-state index contributed by atoms with van der Waals surface area (Å²) >= 11 is 0. The van der Waals surface area contributed by atoms with Gasteiger partial charge in [0.05, 0.1) is 0 Å². The minimum absolute atomic E-state index is 1.02. The zero-order valence-corrected chi connectivity index (χ0v) is 12.2. The molecular weight excluding hydrogens is 216 g/mol. The second-order valence-electron chi connectivity index (χ2n) is 6.65. The van der Waals surface area contributed by atoms with Crippen molar-refractivity contribution in [2.75, 3.05) is 0 Å². The summed E-state index contributed by atoms with van der Waals surface area (Å²) in [6.07, 6.45) is 25.5. The summed E-state index contributed by atoms with van der Waals surface area (Å²) in [5, 5.41) is 0. The predicted molar refractivity (Wildman–Crippen MR) is 80.8 cm³/mol. The summed E-state index contributed by atoms with van der Waals surface area (Å²) < 4.78 is 0. The van der Waals surface area contributed by atoms with E-state index in [0.717, 1.165) is 11.8 Å². The molecule has 0 aliphatic heterocycles. The molecule has 0 spiro atoms. The molecule has 18 heavy (non-hydrogen) atoms. The van der Waals surface area contributed by atoms with Crippen LogP contribution in [0.25, 0.3) is 0 Å². The van der Waals surface area contributed by atoms with Crippen molar-refractivity contribution in [1.82, 2.24) is 0 Å². The van der Waals surface area contributed by atoms with Crippen LogP contribution in [0, 0.1) is 11.8 Å². The van der Waals surface area contributed by atoms with Crippen molar-refractivity contribution in [2.24, 2.45) is 11.8 Å². The largest absolute Gasteiger partial charge is 0.0885 e. The predicted octanol–water partition coefficient (Wildman–Crippen LogP) is 6.26. The van der Waals surface area contributed by atoms with Crippen molar-refractivity contribution in [1.29, 1.82) is 0 Å². The van der Waals surface area contributed by atoms with Gasteiger partial charge < -0.3 is 0 Å². The van der Waals surface area contributed by atoms with E-state index < -0.39 is 0 Å². The quantitative estimate of drug-likeness (QED) is 0.368. The summed E-state index contributed by atoms with van der Waals surface area (Å²) in [5.74, 6) is 2.12. The normalized spacial score (nSPS) is 25.4. The van der Waals surface area contributed by atoms with E-state index in [2.05, 4.69) is 12.2 Å². The van der Waals surface area contributed by atoms with Crippen LogP contribution in [-0.2, 0) is 0 Å². The van der Waals surface area contributed by atoms with Crippen LogP contribution in [0.5, 0.6) is 0 Å². The Morgan fingerprint density at radius 2 is 1.39 bits per heavy atom. The van der Waals surface area contributed by atoms with E-state index in [1.165, 1.54) is 89.9 Å². The van der Waals surface area contributed by atoms with Gasteiger partial charge in [-0.1, -0.05) is 82.8 Å². The van der Waals surface area contributed by atoms with Crippen molar-refractivity contribution >= 4 is 0 Å². The number of unbranched alkanes of at least 4 members (excludes halogenated alkanes) is 3. The first kappa shape index (κ1) is 14.2. The lowest BCUT2D eigenvalue weighted by Gasteiger charge is -2.21. The Bertz CT molecular complexity index is 222. The highest BCUT2D eigenvalue weighted by Crippen LogP contribution is 2.28. The highest BCUT2D eigenvalue weighted by molar-refractivity contribution is 4.89. The molecule has 104 valence electrons. The van der Waals surface area contributed by atoms with E-state index >= 15 is 0 Å². The highest BCUT2D eigenvalue weighted by Gasteiger charge is 2.12. The molecule has 2 rings (SSSR count). The standard InChI is InChI=1S/C18H32/c1(5-11-17-13-7-3-8-14-17)2-6-12-18-15-9-4-10-16-18/h3,7,17-18H,1-2,4-6,8-16H2. The average molecular weight is 248 g/mol. The molecule has 0 radical (unpaired) electrons. The summed E-state index contributed by atoms with van der Waals surface area (Å²) in [4.78, 5) is 0. The maximum Gasteiger partial charge on any atom is -0.0322 e. The average Bonchev–Trinajstić information content (AvgIpc) is 2.45. The molecule has 2 aliphatic rings. The van der Waals surface area contributed by atoms with E-state index in [1.807, 2.05) is 0 Å². The zero-order chi connectivity index (χ0) is 12.5. The van der Waals surface area contributed by atoms with Gasteiger partial charge in [0.1, 0.15) is 0 Å². The lowest BCUT2D eigenvalue weighted by atomic mass is 9.85. The fourth-order valence-corrected chi connectivity index (χ4v) is 3.81. The summed E-state index contributed by atoms with van der Waals surface area (Å²) in [6.45, 7) is 0. The zero-order valence-electron chi connectivity index (χ0n) is 12.2. The van der Waals surface area contributed by atoms with Crippen LogP contribution >= 0.6 is 0 Å². The molecule has 1 fully saturated rings. The third-order valence-corrected chi connectivity index (χ3v) is 5.08. The number of hydrogen-bond donors (Lipinski definition) is 0. The first-order valence-electron chi connectivity index (χ1n) is 8.60. The first-order chi connectivity index (χ1) is 8.95. The minimum Gasteiger partial charge on any atom is -0.0885 e. The second kappa shape index (κ2) is 8.77. The fraction of sp³-hybridized carbons (Fsp3) is 0.889. The first-order valence-corrected chi connectivity index (χ1v) is 8.60. The van der Waals surface area contributed by atoms with Crippen molar-refractivity contribution < 1.29 is 0 Å². The van der Waals surface area contributed by atoms with Gasteiger partial charge in [0.15, 0.2) is 0 Å². The van der Waals surface area contributed by atoms with Crippen LogP contribution in [0.15, 0.2) is 12.2 Å². The summed E-state index contributed by atoms with van der Waals surface area (Å²) in [5.41, 5.74) is 0. The van der Waals surface area contributed by atoms with Gasteiger partial charge in [0.2, 0.25) is 0 Å². The Labute approximate surface area is 114 Å². The van der Waals surface area contributed by atoms with Gasteiger partial charge >= 0.3 is 0 Å². The topological polar surface area (TPSA) is 0 Å². The Morgan fingerprint density at radius 1 is 0.667 bits per heavy atom. The van der Waals surface area contributed by atoms with Gasteiger partial charge in [0.25, 0.3) is 0 Å². The van der Waals surface area contributed by atoms with Crippen LogP contribution in [0.4, 0.5) is 0 Å². The lowest BCUT2D eigenvalue weighted by molar-refractivity contribution is 0.326. The van der Waals surface area contributed by atoms with E-state index in [-0.39, 0.29) is 0 Å². The number of allylic oxidation sites excluding steroid dienone is 2. The van der Waals surface area contributed by atoms with Crippen molar-refractivity contribution in [2.45, 2.75) is 89.9 Å². The minimum atomic E-state index is 1.02. The molecule has 2 aliphatic carbocycles. The SMILES string of the molecule is C1=CCC(CCCCCCC2CCCCC2)CC1. The van der Waals surface area contributed by atoms with Crippen LogP contribution in [0.2, 0.25) is 0 Å². The van der Waals surface area contributed by atoms with Gasteiger partial charge in [-0.15, -0.1) is 0 Å². The Kier molecular flexibility index (Phi) is 6.90. The fourth-order valence-electron chi connectivity index (χ4n) is 3.81. The van der Waals surface area contributed by atoms with Crippen LogP contribution in [-0.4, -0.2) is 0 Å². The molecule has 0 amide bonds. The van der Waals surface area contributed by atoms with E-state index in [9.17, 15) is 0 Å². The number of hydrogen-bond acceptors (Lipinski definition) is 0. The van der Waals surface area contributed by atoms with Crippen molar-refractivity contribution in [3.8, 4) is 0 Å². The van der Waals surface area contributed by atoms with Gasteiger partial charge in [-0.3, -0.25) is 0 Å². The highest BCUT2D eigenvalue weighted by atomic mass is 14.2. The van der Waals surface area contributed by atoms with Gasteiger partial charge in [-0.25, -0.2) is 0 Å². The summed E-state index contributed by atoms with van der Waals surface area (Å²) in [6, 6.07) is 0. The third-order valence-electron chi connectivity index (χ3n) is 5.08. The molecule has 0 N–H and O–H groups in total. The van der Waals surface area contributed by atoms with Crippen LogP contribution in [0.1, 0.15) is 89.9 Å². The maximum absolute atomic E-state index is 2.40. The molecule has 0 aromatic rings. The van der Waals surface area contributed by atoms with E-state index in [4.69, 9.17) is 0 Å².